The molecule has 0 spiro atoms. The van der Waals surface area contributed by atoms with Crippen LogP contribution in [0.5, 0.6) is 5.75 Å². The Kier molecular flexibility index (Phi) is 6.70. The smallest absolute Gasteiger partial charge is 0.267 e. The first-order chi connectivity index (χ1) is 15.8. The standard InChI is InChI=1S/C25H28ClN5O2/c1-17-16-22(30-24(27-17)31-14-4-5-15-31)28-19-8-10-20(11-9-19)29-23(32)25(2,3)33-21-12-6-18(26)7-13-21/h6-13,16H,4-5,14-15H2,1-3H3,(H,29,32)(H,27,28,30). The van der Waals surface area contributed by atoms with Crippen molar-refractivity contribution in [2.24, 2.45) is 0 Å². The zero-order chi connectivity index (χ0) is 23.4. The van der Waals surface area contributed by atoms with Gasteiger partial charge in [0.05, 0.1) is 0 Å². The molecule has 0 aliphatic carbocycles. The van der Waals surface area contributed by atoms with Crippen LogP contribution in [0.1, 0.15) is 32.4 Å². The number of ether oxygens (including phenoxy) is 1. The molecule has 1 fully saturated rings. The van der Waals surface area contributed by atoms with Gasteiger partial charge in [0.15, 0.2) is 5.60 Å². The van der Waals surface area contributed by atoms with E-state index in [9.17, 15) is 4.79 Å². The van der Waals surface area contributed by atoms with Crippen LogP contribution in [-0.2, 0) is 4.79 Å². The maximum absolute atomic E-state index is 12.8. The molecule has 0 bridgehead atoms. The molecule has 1 saturated heterocycles. The molecule has 3 aromatic rings. The number of carbonyl (C=O) groups excluding carboxylic acids is 1. The number of rotatable bonds is 7. The number of carbonyl (C=O) groups is 1. The van der Waals surface area contributed by atoms with E-state index in [1.807, 2.05) is 37.3 Å². The molecule has 7 nitrogen and oxygen atoms in total. The minimum atomic E-state index is -1.06. The summed E-state index contributed by atoms with van der Waals surface area (Å²) in [5, 5.41) is 6.85. The van der Waals surface area contributed by atoms with Gasteiger partial charge in [-0.3, -0.25) is 4.79 Å². The molecule has 1 amide bonds. The molecule has 0 unspecified atom stereocenters. The number of aryl methyl sites for hydroxylation is 1. The molecular weight excluding hydrogens is 438 g/mol. The van der Waals surface area contributed by atoms with Crippen LogP contribution in [-0.4, -0.2) is 34.6 Å². The van der Waals surface area contributed by atoms with Crippen molar-refractivity contribution in [3.8, 4) is 5.75 Å². The van der Waals surface area contributed by atoms with Gasteiger partial charge in [-0.15, -0.1) is 0 Å². The lowest BCUT2D eigenvalue weighted by Gasteiger charge is -2.25. The summed E-state index contributed by atoms with van der Waals surface area (Å²) in [4.78, 5) is 24.2. The first-order valence-corrected chi connectivity index (χ1v) is 11.4. The average molecular weight is 466 g/mol. The minimum Gasteiger partial charge on any atom is -0.478 e. The average Bonchev–Trinajstić information content (AvgIpc) is 3.31. The molecule has 1 aliphatic rings. The molecule has 2 heterocycles. The lowest BCUT2D eigenvalue weighted by atomic mass is 10.1. The van der Waals surface area contributed by atoms with E-state index in [1.54, 1.807) is 38.1 Å². The Balaban J connectivity index is 1.39. The maximum atomic E-state index is 12.8. The van der Waals surface area contributed by atoms with Crippen LogP contribution in [0, 0.1) is 6.92 Å². The fraction of sp³-hybridized carbons (Fsp3) is 0.320. The molecule has 4 rings (SSSR count). The number of benzene rings is 2. The summed E-state index contributed by atoms with van der Waals surface area (Å²) < 4.78 is 5.86. The third-order valence-electron chi connectivity index (χ3n) is 5.38. The van der Waals surface area contributed by atoms with E-state index < -0.39 is 5.60 Å². The topological polar surface area (TPSA) is 79.4 Å². The summed E-state index contributed by atoms with van der Waals surface area (Å²) in [7, 11) is 0. The normalized spacial score (nSPS) is 13.6. The Morgan fingerprint density at radius 1 is 1.00 bits per heavy atom. The van der Waals surface area contributed by atoms with Gasteiger partial charge in [0.1, 0.15) is 11.6 Å². The van der Waals surface area contributed by atoms with Gasteiger partial charge >= 0.3 is 0 Å². The van der Waals surface area contributed by atoms with E-state index in [-0.39, 0.29) is 5.91 Å². The molecule has 1 aliphatic heterocycles. The highest BCUT2D eigenvalue weighted by Gasteiger charge is 2.30. The molecule has 33 heavy (non-hydrogen) atoms. The Bertz CT molecular complexity index is 1110. The van der Waals surface area contributed by atoms with Gasteiger partial charge in [0.2, 0.25) is 5.95 Å². The predicted molar refractivity (Wildman–Crippen MR) is 133 cm³/mol. The number of anilines is 4. The lowest BCUT2D eigenvalue weighted by molar-refractivity contribution is -0.128. The largest absolute Gasteiger partial charge is 0.478 e. The van der Waals surface area contributed by atoms with Crippen LogP contribution in [0.25, 0.3) is 0 Å². The van der Waals surface area contributed by atoms with Crippen LogP contribution < -0.4 is 20.3 Å². The van der Waals surface area contributed by atoms with Crippen molar-refractivity contribution in [1.29, 1.82) is 0 Å². The van der Waals surface area contributed by atoms with Crippen molar-refractivity contribution in [3.05, 3.63) is 65.3 Å². The summed E-state index contributed by atoms with van der Waals surface area (Å²) in [6.45, 7) is 7.41. The van der Waals surface area contributed by atoms with Gasteiger partial charge in [0.25, 0.3) is 5.91 Å². The molecule has 172 valence electrons. The Hall–Kier alpha value is -3.32. The highest BCUT2D eigenvalue weighted by atomic mass is 35.5. The van der Waals surface area contributed by atoms with Crippen molar-refractivity contribution in [2.45, 2.75) is 39.2 Å². The Morgan fingerprint density at radius 2 is 1.64 bits per heavy atom. The summed E-state index contributed by atoms with van der Waals surface area (Å²) in [6.07, 6.45) is 2.35. The van der Waals surface area contributed by atoms with E-state index in [0.717, 1.165) is 36.2 Å². The molecule has 0 radical (unpaired) electrons. The number of nitrogens with one attached hydrogen (secondary N) is 2. The van der Waals surface area contributed by atoms with Crippen LogP contribution in [0.4, 0.5) is 23.1 Å². The summed E-state index contributed by atoms with van der Waals surface area (Å²) in [5.41, 5.74) is 1.40. The van der Waals surface area contributed by atoms with E-state index in [0.29, 0.717) is 16.5 Å². The summed E-state index contributed by atoms with van der Waals surface area (Å²) in [6, 6.07) is 16.3. The van der Waals surface area contributed by atoms with Gasteiger partial charge in [-0.25, -0.2) is 4.98 Å². The van der Waals surface area contributed by atoms with Gasteiger partial charge in [0, 0.05) is 41.2 Å². The molecular formula is C25H28ClN5O2. The maximum Gasteiger partial charge on any atom is 0.267 e. The quantitative estimate of drug-likeness (QED) is 0.474. The number of amides is 1. The zero-order valence-corrected chi connectivity index (χ0v) is 19.8. The van der Waals surface area contributed by atoms with Crippen LogP contribution in [0.2, 0.25) is 5.02 Å². The van der Waals surface area contributed by atoms with E-state index in [4.69, 9.17) is 16.3 Å². The van der Waals surface area contributed by atoms with Crippen molar-refractivity contribution < 1.29 is 9.53 Å². The Morgan fingerprint density at radius 3 is 2.30 bits per heavy atom. The summed E-state index contributed by atoms with van der Waals surface area (Å²) >= 11 is 5.91. The second-order valence-corrected chi connectivity index (χ2v) is 9.05. The van der Waals surface area contributed by atoms with Crippen LogP contribution >= 0.6 is 11.6 Å². The van der Waals surface area contributed by atoms with Gasteiger partial charge in [-0.05, 0) is 82.1 Å². The Labute approximate surface area is 199 Å². The van der Waals surface area contributed by atoms with Gasteiger partial charge in [-0.1, -0.05) is 11.6 Å². The van der Waals surface area contributed by atoms with Crippen LogP contribution in [0.15, 0.2) is 54.6 Å². The fourth-order valence-electron chi connectivity index (χ4n) is 3.59. The first-order valence-electron chi connectivity index (χ1n) is 11.0. The highest BCUT2D eigenvalue weighted by Crippen LogP contribution is 2.24. The zero-order valence-electron chi connectivity index (χ0n) is 19.1. The third kappa shape index (κ3) is 5.93. The second-order valence-electron chi connectivity index (χ2n) is 8.61. The number of halogens is 1. The lowest BCUT2D eigenvalue weighted by Crippen LogP contribution is -2.42. The fourth-order valence-corrected chi connectivity index (χ4v) is 3.71. The highest BCUT2D eigenvalue weighted by molar-refractivity contribution is 6.30. The van der Waals surface area contributed by atoms with Gasteiger partial charge < -0.3 is 20.3 Å². The van der Waals surface area contributed by atoms with Crippen molar-refractivity contribution >= 4 is 40.6 Å². The number of nitrogens with zero attached hydrogens (tertiary/aromatic N) is 3. The van der Waals surface area contributed by atoms with E-state index >= 15 is 0 Å². The third-order valence-corrected chi connectivity index (χ3v) is 5.63. The molecule has 1 aromatic heterocycles. The van der Waals surface area contributed by atoms with Crippen molar-refractivity contribution in [1.82, 2.24) is 9.97 Å². The van der Waals surface area contributed by atoms with E-state index in [1.165, 1.54) is 12.8 Å². The van der Waals surface area contributed by atoms with E-state index in [2.05, 4.69) is 25.5 Å². The number of hydrogen-bond acceptors (Lipinski definition) is 6. The number of hydrogen-bond donors (Lipinski definition) is 2. The summed E-state index contributed by atoms with van der Waals surface area (Å²) in [5.74, 6) is 1.84. The molecule has 0 atom stereocenters. The van der Waals surface area contributed by atoms with Gasteiger partial charge in [-0.2, -0.15) is 4.98 Å². The predicted octanol–water partition coefficient (Wildman–Crippen LogP) is 5.58. The molecule has 8 heteroatoms. The molecule has 2 N–H and O–H groups in total. The van der Waals surface area contributed by atoms with Crippen LogP contribution in [0.3, 0.4) is 0 Å². The first kappa shape index (κ1) is 22.9. The second kappa shape index (κ2) is 9.67. The minimum absolute atomic E-state index is 0.250. The SMILES string of the molecule is Cc1cc(Nc2ccc(NC(=O)C(C)(C)Oc3ccc(Cl)cc3)cc2)nc(N2CCCC2)n1. The number of aromatic nitrogens is 2. The monoisotopic (exact) mass is 465 g/mol. The van der Waals surface area contributed by atoms with Crippen molar-refractivity contribution in [2.75, 3.05) is 28.6 Å². The molecule has 0 saturated carbocycles. The van der Waals surface area contributed by atoms with Crippen molar-refractivity contribution in [3.63, 3.8) is 0 Å². The molecule has 2 aromatic carbocycles.